The second-order valence-electron chi connectivity index (χ2n) is 8.76. The van der Waals surface area contributed by atoms with Crippen LogP contribution in [0.4, 0.5) is 0 Å². The standard InChI is InChI=1S/C27H36N2O2/c1-3-25(27(31)28-24-15-8-5-9-16-24)29(18-17-22-12-6-4-7-13-22)26(30)20-23-14-10-11-21(2)19-23/h4,6-7,10-14,19,24-25H,3,5,8-9,15-18,20H2,1-2H3,(H,28,31)/t25-/m1/s1. The minimum atomic E-state index is -0.428. The molecule has 0 spiro atoms. The van der Waals surface area contributed by atoms with E-state index >= 15 is 0 Å². The Morgan fingerprint density at radius 2 is 1.71 bits per heavy atom. The molecule has 166 valence electrons. The van der Waals surface area contributed by atoms with Gasteiger partial charge in [0.15, 0.2) is 0 Å². The normalized spacial score (nSPS) is 15.3. The van der Waals surface area contributed by atoms with Crippen LogP contribution < -0.4 is 5.32 Å². The maximum Gasteiger partial charge on any atom is 0.243 e. The van der Waals surface area contributed by atoms with Crippen LogP contribution in [0.5, 0.6) is 0 Å². The summed E-state index contributed by atoms with van der Waals surface area (Å²) in [5.41, 5.74) is 3.32. The van der Waals surface area contributed by atoms with Gasteiger partial charge in [0.25, 0.3) is 0 Å². The third kappa shape index (κ3) is 6.95. The lowest BCUT2D eigenvalue weighted by molar-refractivity contribution is -0.140. The van der Waals surface area contributed by atoms with Gasteiger partial charge in [0, 0.05) is 12.6 Å². The number of nitrogens with one attached hydrogen (secondary N) is 1. The SMILES string of the molecule is CC[C@H](C(=O)NC1CCCCC1)N(CCc1ccccc1)C(=O)Cc1cccc(C)c1. The smallest absolute Gasteiger partial charge is 0.243 e. The highest BCUT2D eigenvalue weighted by Crippen LogP contribution is 2.19. The summed E-state index contributed by atoms with van der Waals surface area (Å²) >= 11 is 0. The highest BCUT2D eigenvalue weighted by Gasteiger charge is 2.30. The van der Waals surface area contributed by atoms with Crippen LogP contribution in [-0.2, 0) is 22.4 Å². The van der Waals surface area contributed by atoms with Crippen molar-refractivity contribution in [1.82, 2.24) is 10.2 Å². The molecule has 1 N–H and O–H groups in total. The summed E-state index contributed by atoms with van der Waals surface area (Å²) in [6.07, 6.45) is 7.37. The number of amides is 2. The molecule has 0 bridgehead atoms. The molecule has 1 saturated carbocycles. The maximum absolute atomic E-state index is 13.4. The van der Waals surface area contributed by atoms with Crippen LogP contribution in [0.25, 0.3) is 0 Å². The van der Waals surface area contributed by atoms with Crippen molar-refractivity contribution in [2.24, 2.45) is 0 Å². The Morgan fingerprint density at radius 3 is 2.39 bits per heavy atom. The van der Waals surface area contributed by atoms with E-state index < -0.39 is 6.04 Å². The van der Waals surface area contributed by atoms with Gasteiger partial charge in [0.05, 0.1) is 6.42 Å². The second kappa shape index (κ2) is 11.7. The summed E-state index contributed by atoms with van der Waals surface area (Å²) in [7, 11) is 0. The van der Waals surface area contributed by atoms with E-state index in [1.807, 2.05) is 55.1 Å². The van der Waals surface area contributed by atoms with Crippen molar-refractivity contribution in [2.75, 3.05) is 6.54 Å². The number of hydrogen-bond acceptors (Lipinski definition) is 2. The lowest BCUT2D eigenvalue weighted by Crippen LogP contribution is -2.52. The van der Waals surface area contributed by atoms with Crippen molar-refractivity contribution in [1.29, 1.82) is 0 Å². The molecule has 1 aliphatic rings. The van der Waals surface area contributed by atoms with Crippen LogP contribution in [0, 0.1) is 6.92 Å². The van der Waals surface area contributed by atoms with Crippen molar-refractivity contribution >= 4 is 11.8 Å². The molecule has 1 fully saturated rings. The van der Waals surface area contributed by atoms with Gasteiger partial charge in [0.1, 0.15) is 6.04 Å². The van der Waals surface area contributed by atoms with Gasteiger partial charge in [-0.25, -0.2) is 0 Å². The number of benzene rings is 2. The van der Waals surface area contributed by atoms with E-state index in [9.17, 15) is 9.59 Å². The Balaban J connectivity index is 1.74. The van der Waals surface area contributed by atoms with Gasteiger partial charge >= 0.3 is 0 Å². The molecule has 0 saturated heterocycles. The second-order valence-corrected chi connectivity index (χ2v) is 8.76. The topological polar surface area (TPSA) is 49.4 Å². The highest BCUT2D eigenvalue weighted by molar-refractivity contribution is 5.88. The Bertz CT molecular complexity index is 843. The fourth-order valence-corrected chi connectivity index (χ4v) is 4.54. The average Bonchev–Trinajstić information content (AvgIpc) is 2.78. The largest absolute Gasteiger partial charge is 0.352 e. The molecule has 3 rings (SSSR count). The molecule has 2 aromatic carbocycles. The first-order chi connectivity index (χ1) is 15.1. The van der Waals surface area contributed by atoms with Gasteiger partial charge < -0.3 is 10.2 Å². The summed E-state index contributed by atoms with van der Waals surface area (Å²) in [6.45, 7) is 4.58. The number of rotatable bonds is 9. The summed E-state index contributed by atoms with van der Waals surface area (Å²) < 4.78 is 0. The third-order valence-electron chi connectivity index (χ3n) is 6.26. The monoisotopic (exact) mass is 420 g/mol. The zero-order valence-electron chi connectivity index (χ0n) is 19.0. The van der Waals surface area contributed by atoms with Gasteiger partial charge in [-0.05, 0) is 43.7 Å². The molecule has 1 atom stereocenters. The Labute approximate surface area is 187 Å². The molecule has 2 amide bonds. The lowest BCUT2D eigenvalue weighted by Gasteiger charge is -2.33. The fourth-order valence-electron chi connectivity index (χ4n) is 4.54. The molecular weight excluding hydrogens is 384 g/mol. The Morgan fingerprint density at radius 1 is 1.00 bits per heavy atom. The summed E-state index contributed by atoms with van der Waals surface area (Å²) in [5.74, 6) is 0.0206. The molecule has 4 nitrogen and oxygen atoms in total. The van der Waals surface area contributed by atoms with Crippen LogP contribution in [0.2, 0.25) is 0 Å². The van der Waals surface area contributed by atoms with E-state index in [2.05, 4.69) is 23.5 Å². The molecule has 2 aromatic rings. The molecule has 4 heteroatoms. The Hall–Kier alpha value is -2.62. The molecule has 31 heavy (non-hydrogen) atoms. The van der Waals surface area contributed by atoms with E-state index in [0.29, 0.717) is 19.4 Å². The van der Waals surface area contributed by atoms with Crippen molar-refractivity contribution in [2.45, 2.75) is 77.3 Å². The summed E-state index contributed by atoms with van der Waals surface area (Å²) in [6, 6.07) is 18.1. The fraction of sp³-hybridized carbons (Fsp3) is 0.481. The van der Waals surface area contributed by atoms with E-state index in [1.54, 1.807) is 0 Å². The number of carbonyl (C=O) groups excluding carboxylic acids is 2. The van der Waals surface area contributed by atoms with Crippen LogP contribution in [0.15, 0.2) is 54.6 Å². The maximum atomic E-state index is 13.4. The zero-order chi connectivity index (χ0) is 22.1. The van der Waals surface area contributed by atoms with Crippen LogP contribution in [0.3, 0.4) is 0 Å². The van der Waals surface area contributed by atoms with Crippen LogP contribution in [-0.4, -0.2) is 35.3 Å². The molecule has 1 aliphatic carbocycles. The number of hydrogen-bond donors (Lipinski definition) is 1. The quantitative estimate of drug-likeness (QED) is 0.631. The van der Waals surface area contributed by atoms with Crippen LogP contribution in [0.1, 0.15) is 62.1 Å². The summed E-state index contributed by atoms with van der Waals surface area (Å²) in [5, 5.41) is 3.24. The molecule has 0 aliphatic heterocycles. The van der Waals surface area contributed by atoms with Gasteiger partial charge in [-0.2, -0.15) is 0 Å². The van der Waals surface area contributed by atoms with E-state index in [-0.39, 0.29) is 17.9 Å². The van der Waals surface area contributed by atoms with Crippen molar-refractivity contribution in [3.63, 3.8) is 0 Å². The average molecular weight is 421 g/mol. The van der Waals surface area contributed by atoms with E-state index in [0.717, 1.165) is 30.4 Å². The first kappa shape index (κ1) is 23.1. The molecule has 0 aromatic heterocycles. The minimum Gasteiger partial charge on any atom is -0.352 e. The molecule has 0 unspecified atom stereocenters. The van der Waals surface area contributed by atoms with Crippen molar-refractivity contribution < 1.29 is 9.59 Å². The molecule has 0 heterocycles. The van der Waals surface area contributed by atoms with Gasteiger partial charge in [-0.1, -0.05) is 86.3 Å². The first-order valence-electron chi connectivity index (χ1n) is 11.8. The Kier molecular flexibility index (Phi) is 8.69. The lowest BCUT2D eigenvalue weighted by atomic mass is 9.95. The van der Waals surface area contributed by atoms with E-state index in [4.69, 9.17) is 0 Å². The van der Waals surface area contributed by atoms with Gasteiger partial charge in [-0.3, -0.25) is 9.59 Å². The summed E-state index contributed by atoms with van der Waals surface area (Å²) in [4.78, 5) is 28.4. The van der Waals surface area contributed by atoms with Crippen LogP contribution >= 0.6 is 0 Å². The van der Waals surface area contributed by atoms with Crippen molar-refractivity contribution in [3.05, 3.63) is 71.3 Å². The first-order valence-corrected chi connectivity index (χ1v) is 11.8. The van der Waals surface area contributed by atoms with E-state index in [1.165, 1.54) is 24.8 Å². The highest BCUT2D eigenvalue weighted by atomic mass is 16.2. The van der Waals surface area contributed by atoms with Crippen molar-refractivity contribution in [3.8, 4) is 0 Å². The predicted octanol–water partition coefficient (Wildman–Crippen LogP) is 4.84. The third-order valence-corrected chi connectivity index (χ3v) is 6.26. The van der Waals surface area contributed by atoms with Gasteiger partial charge in [0.2, 0.25) is 11.8 Å². The molecular formula is C27H36N2O2. The molecule has 0 radical (unpaired) electrons. The zero-order valence-corrected chi connectivity index (χ0v) is 19.0. The number of carbonyl (C=O) groups is 2. The number of nitrogens with zero attached hydrogens (tertiary/aromatic N) is 1. The predicted molar refractivity (Wildman–Crippen MR) is 126 cm³/mol. The number of aryl methyl sites for hydroxylation is 1. The minimum absolute atomic E-state index is 0.0000499. The van der Waals surface area contributed by atoms with Gasteiger partial charge in [-0.15, -0.1) is 0 Å².